The van der Waals surface area contributed by atoms with Crippen molar-refractivity contribution in [3.63, 3.8) is 0 Å². The molecule has 166 valence electrons. The van der Waals surface area contributed by atoms with Crippen molar-refractivity contribution in [2.75, 3.05) is 0 Å². The molecular formula is C21H26N4O5S. The highest BCUT2D eigenvalue weighted by Gasteiger charge is 2.18. The van der Waals surface area contributed by atoms with E-state index in [1.165, 1.54) is 22.4 Å². The predicted molar refractivity (Wildman–Crippen MR) is 119 cm³/mol. The van der Waals surface area contributed by atoms with Gasteiger partial charge in [0.05, 0.1) is 12.0 Å². The highest BCUT2D eigenvalue weighted by molar-refractivity contribution is 8.01. The third-order valence-electron chi connectivity index (χ3n) is 4.60. The molecule has 1 N–H and O–H groups in total. The fourth-order valence-corrected chi connectivity index (χ4v) is 3.76. The lowest BCUT2D eigenvalue weighted by Gasteiger charge is -2.07. The average molecular weight is 447 g/mol. The summed E-state index contributed by atoms with van der Waals surface area (Å²) in [6.45, 7) is 4.88. The first kappa shape index (κ1) is 22.7. The summed E-state index contributed by atoms with van der Waals surface area (Å²) in [6, 6.07) is 3.67. The first-order valence-corrected chi connectivity index (χ1v) is 11.3. The molecule has 0 saturated carbocycles. The Hall–Kier alpha value is -3.01. The number of ether oxygens (including phenoxy) is 1. The van der Waals surface area contributed by atoms with Crippen LogP contribution in [0.4, 0.5) is 0 Å². The molecule has 9 nitrogen and oxygen atoms in total. The lowest BCUT2D eigenvalue weighted by Crippen LogP contribution is -2.31. The van der Waals surface area contributed by atoms with Gasteiger partial charge in [0.25, 0.3) is 5.56 Å². The van der Waals surface area contributed by atoms with Crippen molar-refractivity contribution in [1.29, 1.82) is 0 Å². The Labute approximate surface area is 183 Å². The zero-order valence-corrected chi connectivity index (χ0v) is 18.4. The number of aromatic nitrogens is 4. The second-order valence-electron chi connectivity index (χ2n) is 6.92. The maximum Gasteiger partial charge on any atom is 0.331 e. The van der Waals surface area contributed by atoms with Gasteiger partial charge in [0, 0.05) is 19.2 Å². The number of esters is 1. The van der Waals surface area contributed by atoms with Gasteiger partial charge in [-0.15, -0.1) is 11.8 Å². The van der Waals surface area contributed by atoms with E-state index in [9.17, 15) is 14.4 Å². The van der Waals surface area contributed by atoms with Crippen molar-refractivity contribution in [3.8, 4) is 0 Å². The van der Waals surface area contributed by atoms with Gasteiger partial charge in [0.15, 0.2) is 11.2 Å². The maximum absolute atomic E-state index is 12.5. The highest BCUT2D eigenvalue weighted by Crippen LogP contribution is 2.15. The Morgan fingerprint density at radius 3 is 2.81 bits per heavy atom. The number of hydrogen-bond acceptors (Lipinski definition) is 7. The minimum absolute atomic E-state index is 0.0951. The van der Waals surface area contributed by atoms with Gasteiger partial charge >= 0.3 is 11.7 Å². The molecule has 0 aromatic carbocycles. The molecule has 0 aliphatic heterocycles. The van der Waals surface area contributed by atoms with Crippen LogP contribution in [0.15, 0.2) is 43.9 Å². The molecule has 0 unspecified atom stereocenters. The van der Waals surface area contributed by atoms with E-state index in [2.05, 4.69) is 9.97 Å². The van der Waals surface area contributed by atoms with Gasteiger partial charge in [-0.05, 0) is 30.4 Å². The SMILES string of the molecule is CCCCn1c(=O)[nH]c(=O)c2c1nc(COC(=O)/C=C/SCc1ccco1)n2CCC. The number of imidazole rings is 1. The molecule has 0 spiro atoms. The number of aromatic amines is 1. The summed E-state index contributed by atoms with van der Waals surface area (Å²) in [5, 5.41) is 1.65. The predicted octanol–water partition coefficient (Wildman–Crippen LogP) is 3.18. The number of furan rings is 1. The van der Waals surface area contributed by atoms with Crippen LogP contribution in [0.3, 0.4) is 0 Å². The van der Waals surface area contributed by atoms with Crippen molar-refractivity contribution in [2.24, 2.45) is 0 Å². The molecule has 0 bridgehead atoms. The second-order valence-corrected chi connectivity index (χ2v) is 7.81. The molecule has 0 radical (unpaired) electrons. The molecule has 0 fully saturated rings. The number of aryl methyl sites for hydroxylation is 2. The summed E-state index contributed by atoms with van der Waals surface area (Å²) in [4.78, 5) is 43.7. The normalized spacial score (nSPS) is 11.5. The van der Waals surface area contributed by atoms with Gasteiger partial charge in [0.2, 0.25) is 0 Å². The topological polar surface area (TPSA) is 112 Å². The zero-order valence-electron chi connectivity index (χ0n) is 17.6. The van der Waals surface area contributed by atoms with E-state index in [0.717, 1.165) is 25.0 Å². The number of carbonyl (C=O) groups excluding carboxylic acids is 1. The molecule has 3 aromatic heterocycles. The number of nitrogens with one attached hydrogen (secondary N) is 1. The summed E-state index contributed by atoms with van der Waals surface area (Å²) >= 11 is 1.41. The van der Waals surface area contributed by atoms with E-state index in [1.54, 1.807) is 16.2 Å². The fourth-order valence-electron chi connectivity index (χ4n) is 3.13. The van der Waals surface area contributed by atoms with Crippen molar-refractivity contribution >= 4 is 28.9 Å². The molecule has 0 aliphatic carbocycles. The average Bonchev–Trinajstić information content (AvgIpc) is 3.38. The monoisotopic (exact) mass is 446 g/mol. The molecule has 3 aromatic rings. The third kappa shape index (κ3) is 5.57. The van der Waals surface area contributed by atoms with Crippen LogP contribution < -0.4 is 11.2 Å². The number of nitrogens with zero attached hydrogens (tertiary/aromatic N) is 3. The van der Waals surface area contributed by atoms with Crippen LogP contribution in [-0.2, 0) is 35.0 Å². The number of H-pyrrole nitrogens is 1. The van der Waals surface area contributed by atoms with E-state index < -0.39 is 17.2 Å². The smallest absolute Gasteiger partial charge is 0.331 e. The number of carbonyl (C=O) groups is 1. The standard InChI is InChI=1S/C21H26N4O5S/c1-3-5-10-25-19-18(20(27)23-21(25)28)24(9-4-2)16(22-19)13-30-17(26)8-12-31-14-15-7-6-11-29-15/h6-8,11-12H,3-5,9-10,13-14H2,1-2H3,(H,23,27,28)/b12-8+. The Morgan fingerprint density at radius 2 is 2.10 bits per heavy atom. The van der Waals surface area contributed by atoms with Gasteiger partial charge in [-0.1, -0.05) is 20.3 Å². The lowest BCUT2D eigenvalue weighted by atomic mass is 10.3. The molecule has 3 rings (SSSR count). The maximum atomic E-state index is 12.5. The van der Waals surface area contributed by atoms with Crippen LogP contribution in [0.25, 0.3) is 11.2 Å². The number of rotatable bonds is 11. The van der Waals surface area contributed by atoms with Crippen LogP contribution in [0.1, 0.15) is 44.7 Å². The molecule has 0 saturated heterocycles. The van der Waals surface area contributed by atoms with Gasteiger partial charge in [-0.25, -0.2) is 14.6 Å². The quantitative estimate of drug-likeness (QED) is 0.356. The van der Waals surface area contributed by atoms with E-state index in [1.807, 2.05) is 26.0 Å². The Bertz CT molecular complexity index is 1160. The van der Waals surface area contributed by atoms with Gasteiger partial charge in [0.1, 0.15) is 18.2 Å². The first-order valence-electron chi connectivity index (χ1n) is 10.2. The van der Waals surface area contributed by atoms with Gasteiger partial charge < -0.3 is 13.7 Å². The Kier molecular flexibility index (Phi) is 7.94. The lowest BCUT2D eigenvalue weighted by molar-refractivity contribution is -0.139. The summed E-state index contributed by atoms with van der Waals surface area (Å²) in [7, 11) is 0. The van der Waals surface area contributed by atoms with Crippen LogP contribution >= 0.6 is 11.8 Å². The molecule has 0 atom stereocenters. The molecule has 31 heavy (non-hydrogen) atoms. The van der Waals surface area contributed by atoms with Gasteiger partial charge in [-0.3, -0.25) is 14.3 Å². The Morgan fingerprint density at radius 1 is 1.26 bits per heavy atom. The molecule has 3 heterocycles. The van der Waals surface area contributed by atoms with Crippen molar-refractivity contribution in [1.82, 2.24) is 19.1 Å². The molecule has 0 aliphatic rings. The minimum atomic E-state index is -0.515. The van der Waals surface area contributed by atoms with E-state index in [4.69, 9.17) is 9.15 Å². The van der Waals surface area contributed by atoms with Crippen LogP contribution in [0, 0.1) is 0 Å². The van der Waals surface area contributed by atoms with Crippen molar-refractivity contribution < 1.29 is 13.9 Å². The summed E-state index contributed by atoms with van der Waals surface area (Å²) in [5.74, 6) is 1.35. The molecular weight excluding hydrogens is 420 g/mol. The van der Waals surface area contributed by atoms with Crippen LogP contribution in [0.2, 0.25) is 0 Å². The number of fused-ring (bicyclic) bond motifs is 1. The minimum Gasteiger partial charge on any atom is -0.468 e. The molecule has 10 heteroatoms. The summed E-state index contributed by atoms with van der Waals surface area (Å²) in [5.41, 5.74) is -0.313. The Balaban J connectivity index is 1.76. The zero-order chi connectivity index (χ0) is 22.2. The largest absolute Gasteiger partial charge is 0.468 e. The van der Waals surface area contributed by atoms with E-state index >= 15 is 0 Å². The number of unbranched alkanes of at least 4 members (excludes halogenated alkanes) is 1. The van der Waals surface area contributed by atoms with Crippen molar-refractivity contribution in [3.05, 3.63) is 62.3 Å². The van der Waals surface area contributed by atoms with E-state index in [0.29, 0.717) is 35.8 Å². The first-order chi connectivity index (χ1) is 15.0. The third-order valence-corrected chi connectivity index (χ3v) is 5.38. The van der Waals surface area contributed by atoms with E-state index in [-0.39, 0.29) is 6.61 Å². The van der Waals surface area contributed by atoms with Gasteiger partial charge in [-0.2, -0.15) is 0 Å². The van der Waals surface area contributed by atoms with Crippen LogP contribution in [-0.4, -0.2) is 25.1 Å². The molecule has 0 amide bonds. The summed E-state index contributed by atoms with van der Waals surface area (Å²) < 4.78 is 13.8. The second kappa shape index (κ2) is 10.9. The van der Waals surface area contributed by atoms with Crippen LogP contribution in [0.5, 0.6) is 0 Å². The number of thioether (sulfide) groups is 1. The fraction of sp³-hybridized carbons (Fsp3) is 0.429. The summed E-state index contributed by atoms with van der Waals surface area (Å²) in [6.07, 6.45) is 5.38. The highest BCUT2D eigenvalue weighted by atomic mass is 32.2. The number of hydrogen-bond donors (Lipinski definition) is 1. The van der Waals surface area contributed by atoms with Crippen molar-refractivity contribution in [2.45, 2.75) is 58.6 Å².